The summed E-state index contributed by atoms with van der Waals surface area (Å²) in [7, 11) is 1.49. The Bertz CT molecular complexity index is 852. The van der Waals surface area contributed by atoms with Gasteiger partial charge in [0.2, 0.25) is 0 Å². The smallest absolute Gasteiger partial charge is 0.269 e. The van der Waals surface area contributed by atoms with Crippen molar-refractivity contribution in [1.29, 1.82) is 0 Å². The molecule has 0 radical (unpaired) electrons. The molecule has 0 aromatic heterocycles. The van der Waals surface area contributed by atoms with Gasteiger partial charge < -0.3 is 9.47 Å². The highest BCUT2D eigenvalue weighted by Gasteiger charge is 2.13. The van der Waals surface area contributed by atoms with Crippen LogP contribution >= 0.6 is 0 Å². The molecule has 0 heterocycles. The van der Waals surface area contributed by atoms with Crippen LogP contribution in [-0.4, -0.2) is 25.5 Å². The minimum absolute atomic E-state index is 0.106. The Morgan fingerprint density at radius 2 is 1.61 bits per heavy atom. The van der Waals surface area contributed by atoms with Crippen molar-refractivity contribution < 1.29 is 23.5 Å². The summed E-state index contributed by atoms with van der Waals surface area (Å²) in [5.41, 5.74) is 5.39. The Labute approximate surface area is 164 Å². The molecular weight excluding hydrogens is 363 g/mol. The van der Waals surface area contributed by atoms with E-state index in [0.717, 1.165) is 12.5 Å². The van der Waals surface area contributed by atoms with Gasteiger partial charge in [-0.1, -0.05) is 19.9 Å². The van der Waals surface area contributed by atoms with E-state index in [1.54, 1.807) is 19.1 Å². The van der Waals surface area contributed by atoms with Gasteiger partial charge in [0.25, 0.3) is 11.8 Å². The molecule has 2 rings (SSSR count). The van der Waals surface area contributed by atoms with Gasteiger partial charge in [0.1, 0.15) is 5.82 Å². The second-order valence-corrected chi connectivity index (χ2v) is 6.77. The minimum Gasteiger partial charge on any atom is -0.493 e. The first-order valence-electron chi connectivity index (χ1n) is 8.99. The van der Waals surface area contributed by atoms with E-state index in [1.807, 2.05) is 0 Å². The molecule has 0 saturated heterocycles. The van der Waals surface area contributed by atoms with Crippen LogP contribution in [0.15, 0.2) is 36.4 Å². The third-order valence-corrected chi connectivity index (χ3v) is 4.10. The summed E-state index contributed by atoms with van der Waals surface area (Å²) >= 11 is 0. The van der Waals surface area contributed by atoms with Gasteiger partial charge in [-0.3, -0.25) is 20.4 Å². The molecule has 0 spiro atoms. The predicted molar refractivity (Wildman–Crippen MR) is 104 cm³/mol. The number of ether oxygens (including phenoxy) is 2. The lowest BCUT2D eigenvalue weighted by atomic mass is 10.1. The van der Waals surface area contributed by atoms with E-state index in [4.69, 9.17) is 9.47 Å². The molecule has 0 atom stereocenters. The summed E-state index contributed by atoms with van der Waals surface area (Å²) in [5.74, 6) is -0.165. The summed E-state index contributed by atoms with van der Waals surface area (Å²) in [5, 5.41) is 0. The Morgan fingerprint density at radius 3 is 2.18 bits per heavy atom. The van der Waals surface area contributed by atoms with E-state index in [1.165, 1.54) is 25.3 Å². The maximum atomic E-state index is 13.6. The van der Waals surface area contributed by atoms with Crippen LogP contribution in [0.1, 0.15) is 46.5 Å². The molecule has 28 heavy (non-hydrogen) atoms. The van der Waals surface area contributed by atoms with Gasteiger partial charge in [0.15, 0.2) is 11.5 Å². The van der Waals surface area contributed by atoms with Crippen LogP contribution in [0.4, 0.5) is 4.39 Å². The van der Waals surface area contributed by atoms with Crippen molar-refractivity contribution >= 4 is 11.8 Å². The van der Waals surface area contributed by atoms with Gasteiger partial charge in [-0.2, -0.15) is 0 Å². The molecule has 0 fully saturated rings. The van der Waals surface area contributed by atoms with Crippen molar-refractivity contribution in [2.45, 2.75) is 27.2 Å². The van der Waals surface area contributed by atoms with Gasteiger partial charge in [-0.05, 0) is 55.2 Å². The van der Waals surface area contributed by atoms with Crippen molar-refractivity contribution in [1.82, 2.24) is 10.9 Å². The molecule has 7 heteroatoms. The van der Waals surface area contributed by atoms with Gasteiger partial charge in [-0.15, -0.1) is 0 Å². The van der Waals surface area contributed by atoms with Gasteiger partial charge in [0.05, 0.1) is 13.7 Å². The van der Waals surface area contributed by atoms with Crippen LogP contribution < -0.4 is 20.3 Å². The number of benzene rings is 2. The first-order valence-corrected chi connectivity index (χ1v) is 8.99. The number of amides is 2. The monoisotopic (exact) mass is 388 g/mol. The van der Waals surface area contributed by atoms with E-state index >= 15 is 0 Å². The number of hydrogen-bond donors (Lipinski definition) is 2. The fourth-order valence-electron chi connectivity index (χ4n) is 2.32. The molecule has 0 aliphatic heterocycles. The fraction of sp³-hybridized carbons (Fsp3) is 0.333. The zero-order valence-electron chi connectivity index (χ0n) is 16.5. The molecule has 2 aromatic carbocycles. The number of aryl methyl sites for hydroxylation is 1. The molecule has 2 N–H and O–H groups in total. The first kappa shape index (κ1) is 21.2. The molecule has 6 nitrogen and oxygen atoms in total. The topological polar surface area (TPSA) is 76.7 Å². The molecular formula is C21H25FN2O4. The van der Waals surface area contributed by atoms with Crippen LogP contribution in [0.5, 0.6) is 11.5 Å². The Kier molecular flexibility index (Phi) is 7.37. The van der Waals surface area contributed by atoms with Crippen LogP contribution in [0, 0.1) is 18.7 Å². The number of nitrogens with one attached hydrogen (secondary N) is 2. The summed E-state index contributed by atoms with van der Waals surface area (Å²) in [4.78, 5) is 24.3. The average Bonchev–Trinajstić information content (AvgIpc) is 2.67. The Balaban J connectivity index is 1.99. The van der Waals surface area contributed by atoms with Crippen molar-refractivity contribution in [3.8, 4) is 11.5 Å². The Hall–Kier alpha value is -3.09. The van der Waals surface area contributed by atoms with E-state index in [-0.39, 0.29) is 11.1 Å². The predicted octanol–water partition coefficient (Wildman–Crippen LogP) is 3.64. The van der Waals surface area contributed by atoms with E-state index in [2.05, 4.69) is 24.7 Å². The van der Waals surface area contributed by atoms with E-state index in [9.17, 15) is 14.0 Å². The molecule has 0 saturated carbocycles. The van der Waals surface area contributed by atoms with Gasteiger partial charge >= 0.3 is 0 Å². The molecule has 0 bridgehead atoms. The number of carbonyl (C=O) groups is 2. The highest BCUT2D eigenvalue weighted by atomic mass is 19.1. The van der Waals surface area contributed by atoms with Crippen LogP contribution in [0.25, 0.3) is 0 Å². The standard InChI is InChI=1S/C21H25FN2O4/c1-13(2)9-10-28-18-8-7-16(12-19(18)27-4)21(26)24-23-20(25)15-6-5-14(3)17(22)11-15/h5-8,11-13H,9-10H2,1-4H3,(H,23,25)(H,24,26). The van der Waals surface area contributed by atoms with Gasteiger partial charge in [0, 0.05) is 11.1 Å². The average molecular weight is 388 g/mol. The van der Waals surface area contributed by atoms with Gasteiger partial charge in [-0.25, -0.2) is 4.39 Å². The van der Waals surface area contributed by atoms with Crippen LogP contribution in [-0.2, 0) is 0 Å². The van der Waals surface area contributed by atoms with Crippen molar-refractivity contribution in [3.05, 3.63) is 58.9 Å². The van der Waals surface area contributed by atoms with E-state index < -0.39 is 17.6 Å². The second kappa shape index (κ2) is 9.73. The summed E-state index contributed by atoms with van der Waals surface area (Å²) in [6.07, 6.45) is 0.900. The van der Waals surface area contributed by atoms with E-state index in [0.29, 0.717) is 29.6 Å². The zero-order chi connectivity index (χ0) is 20.7. The molecule has 150 valence electrons. The summed E-state index contributed by atoms with van der Waals surface area (Å²) in [6.45, 7) is 6.35. The molecule has 0 unspecified atom stereocenters. The SMILES string of the molecule is COc1cc(C(=O)NNC(=O)c2ccc(C)c(F)c2)ccc1OCCC(C)C. The third-order valence-electron chi connectivity index (χ3n) is 4.10. The lowest BCUT2D eigenvalue weighted by Crippen LogP contribution is -2.41. The first-order chi connectivity index (χ1) is 13.3. The van der Waals surface area contributed by atoms with Crippen molar-refractivity contribution in [2.75, 3.05) is 13.7 Å². The highest BCUT2D eigenvalue weighted by Crippen LogP contribution is 2.28. The molecule has 2 amide bonds. The molecule has 0 aliphatic carbocycles. The fourth-order valence-corrected chi connectivity index (χ4v) is 2.32. The quantitative estimate of drug-likeness (QED) is 0.710. The number of hydrogen-bond acceptors (Lipinski definition) is 4. The zero-order valence-corrected chi connectivity index (χ0v) is 16.5. The molecule has 0 aliphatic rings. The largest absolute Gasteiger partial charge is 0.493 e. The van der Waals surface area contributed by atoms with Crippen molar-refractivity contribution in [3.63, 3.8) is 0 Å². The normalized spacial score (nSPS) is 10.5. The summed E-state index contributed by atoms with van der Waals surface area (Å²) in [6, 6.07) is 8.83. The highest BCUT2D eigenvalue weighted by molar-refractivity contribution is 5.99. The number of rotatable bonds is 7. The van der Waals surface area contributed by atoms with Crippen molar-refractivity contribution in [2.24, 2.45) is 5.92 Å². The maximum absolute atomic E-state index is 13.6. The lowest BCUT2D eigenvalue weighted by Gasteiger charge is -2.13. The third kappa shape index (κ3) is 5.70. The Morgan fingerprint density at radius 1 is 1.00 bits per heavy atom. The number of halogens is 1. The molecule has 2 aromatic rings. The minimum atomic E-state index is -0.618. The maximum Gasteiger partial charge on any atom is 0.269 e. The number of methoxy groups -OCH3 is 1. The van der Waals surface area contributed by atoms with Crippen LogP contribution in [0.2, 0.25) is 0 Å². The number of carbonyl (C=O) groups excluding carboxylic acids is 2. The number of hydrazine groups is 1. The van der Waals surface area contributed by atoms with Crippen LogP contribution in [0.3, 0.4) is 0 Å². The summed E-state index contributed by atoms with van der Waals surface area (Å²) < 4.78 is 24.5. The second-order valence-electron chi connectivity index (χ2n) is 6.77. The lowest BCUT2D eigenvalue weighted by molar-refractivity contribution is 0.0846.